The lowest BCUT2D eigenvalue weighted by Crippen LogP contribution is -2.17. The van der Waals surface area contributed by atoms with Gasteiger partial charge in [-0.05, 0) is 56.1 Å². The van der Waals surface area contributed by atoms with Gasteiger partial charge in [0.15, 0.2) is 0 Å². The Morgan fingerprint density at radius 2 is 2.18 bits per heavy atom. The second kappa shape index (κ2) is 6.85. The van der Waals surface area contributed by atoms with Gasteiger partial charge in [0.2, 0.25) is 0 Å². The first-order valence-electron chi connectivity index (χ1n) is 6.97. The van der Waals surface area contributed by atoms with E-state index in [4.69, 9.17) is 9.47 Å². The SMILES string of the molecule is CCC1C=CC(OCCC2CCOCC2)=CC1. The van der Waals surface area contributed by atoms with Gasteiger partial charge in [0.25, 0.3) is 0 Å². The quantitative estimate of drug-likeness (QED) is 0.725. The second-order valence-corrected chi connectivity index (χ2v) is 5.06. The van der Waals surface area contributed by atoms with Gasteiger partial charge in [0.05, 0.1) is 6.61 Å². The van der Waals surface area contributed by atoms with Crippen LogP contribution >= 0.6 is 0 Å². The van der Waals surface area contributed by atoms with Crippen LogP contribution in [-0.4, -0.2) is 19.8 Å². The normalized spacial score (nSPS) is 25.7. The fourth-order valence-electron chi connectivity index (χ4n) is 2.43. The average molecular weight is 236 g/mol. The topological polar surface area (TPSA) is 18.5 Å². The molecule has 0 N–H and O–H groups in total. The van der Waals surface area contributed by atoms with Crippen molar-refractivity contribution in [2.24, 2.45) is 11.8 Å². The molecule has 1 aliphatic heterocycles. The molecular formula is C15H24O2. The van der Waals surface area contributed by atoms with Gasteiger partial charge in [0.1, 0.15) is 5.76 Å². The number of hydrogen-bond donors (Lipinski definition) is 0. The number of hydrogen-bond acceptors (Lipinski definition) is 2. The zero-order valence-corrected chi connectivity index (χ0v) is 10.9. The lowest BCUT2D eigenvalue weighted by atomic mass is 9.97. The highest BCUT2D eigenvalue weighted by atomic mass is 16.5. The molecule has 0 aromatic carbocycles. The van der Waals surface area contributed by atoms with E-state index in [1.807, 2.05) is 0 Å². The van der Waals surface area contributed by atoms with E-state index in [-0.39, 0.29) is 0 Å². The zero-order chi connectivity index (χ0) is 11.9. The van der Waals surface area contributed by atoms with Crippen molar-refractivity contribution in [2.45, 2.75) is 39.0 Å². The fourth-order valence-corrected chi connectivity index (χ4v) is 2.43. The molecule has 1 unspecified atom stereocenters. The fraction of sp³-hybridized carbons (Fsp3) is 0.733. The third-order valence-electron chi connectivity index (χ3n) is 3.81. The highest BCUT2D eigenvalue weighted by Crippen LogP contribution is 2.22. The summed E-state index contributed by atoms with van der Waals surface area (Å²) in [4.78, 5) is 0. The third-order valence-corrected chi connectivity index (χ3v) is 3.81. The van der Waals surface area contributed by atoms with Gasteiger partial charge in [-0.2, -0.15) is 0 Å². The predicted molar refractivity (Wildman–Crippen MR) is 69.7 cm³/mol. The molecule has 0 aromatic heterocycles. The Balaban J connectivity index is 1.62. The zero-order valence-electron chi connectivity index (χ0n) is 10.9. The van der Waals surface area contributed by atoms with Gasteiger partial charge in [-0.3, -0.25) is 0 Å². The molecule has 2 rings (SSSR count). The van der Waals surface area contributed by atoms with Gasteiger partial charge >= 0.3 is 0 Å². The molecular weight excluding hydrogens is 212 g/mol. The van der Waals surface area contributed by atoms with Crippen molar-refractivity contribution in [3.63, 3.8) is 0 Å². The van der Waals surface area contributed by atoms with E-state index in [0.29, 0.717) is 0 Å². The van der Waals surface area contributed by atoms with E-state index >= 15 is 0 Å². The predicted octanol–water partition coefficient (Wildman–Crippen LogP) is 3.69. The number of ether oxygens (including phenoxy) is 2. The van der Waals surface area contributed by atoms with E-state index in [0.717, 1.165) is 43.8 Å². The highest BCUT2D eigenvalue weighted by Gasteiger charge is 2.14. The van der Waals surface area contributed by atoms with E-state index in [9.17, 15) is 0 Å². The molecule has 0 radical (unpaired) electrons. The van der Waals surface area contributed by atoms with E-state index in [2.05, 4.69) is 25.2 Å². The summed E-state index contributed by atoms with van der Waals surface area (Å²) in [5.41, 5.74) is 0. The van der Waals surface area contributed by atoms with Crippen LogP contribution in [0.5, 0.6) is 0 Å². The van der Waals surface area contributed by atoms with Gasteiger partial charge in [0, 0.05) is 13.2 Å². The molecule has 1 saturated heterocycles. The average Bonchev–Trinajstić information content (AvgIpc) is 2.41. The van der Waals surface area contributed by atoms with Crippen molar-refractivity contribution in [1.82, 2.24) is 0 Å². The molecule has 17 heavy (non-hydrogen) atoms. The minimum Gasteiger partial charge on any atom is -0.494 e. The van der Waals surface area contributed by atoms with Crippen LogP contribution in [0.1, 0.15) is 39.0 Å². The summed E-state index contributed by atoms with van der Waals surface area (Å²) < 4.78 is 11.2. The second-order valence-electron chi connectivity index (χ2n) is 5.06. The van der Waals surface area contributed by atoms with E-state index < -0.39 is 0 Å². The molecule has 96 valence electrons. The third kappa shape index (κ3) is 4.19. The highest BCUT2D eigenvalue weighted by molar-refractivity contribution is 5.18. The molecule has 0 saturated carbocycles. The van der Waals surface area contributed by atoms with Crippen LogP contribution in [0.25, 0.3) is 0 Å². The van der Waals surface area contributed by atoms with Crippen LogP contribution in [0.3, 0.4) is 0 Å². The van der Waals surface area contributed by atoms with Gasteiger partial charge in [-0.25, -0.2) is 0 Å². The Kier molecular flexibility index (Phi) is 5.11. The maximum atomic E-state index is 5.81. The molecule has 0 bridgehead atoms. The van der Waals surface area contributed by atoms with Crippen molar-refractivity contribution in [3.8, 4) is 0 Å². The van der Waals surface area contributed by atoms with Crippen molar-refractivity contribution in [3.05, 3.63) is 24.0 Å². The van der Waals surface area contributed by atoms with Crippen LogP contribution in [0.15, 0.2) is 24.0 Å². The minimum absolute atomic E-state index is 0.720. The Labute approximate surface area is 105 Å². The molecule has 0 spiro atoms. The summed E-state index contributed by atoms with van der Waals surface area (Å²) in [5.74, 6) is 2.60. The molecule has 1 fully saturated rings. The lowest BCUT2D eigenvalue weighted by molar-refractivity contribution is 0.0556. The van der Waals surface area contributed by atoms with Gasteiger partial charge in [-0.1, -0.05) is 13.0 Å². The van der Waals surface area contributed by atoms with Crippen molar-refractivity contribution in [1.29, 1.82) is 0 Å². The Bertz CT molecular complexity index is 275. The first kappa shape index (κ1) is 12.7. The first-order chi connectivity index (χ1) is 8.38. The summed E-state index contributed by atoms with van der Waals surface area (Å²) in [6.07, 6.45) is 12.6. The van der Waals surface area contributed by atoms with Crippen LogP contribution in [-0.2, 0) is 9.47 Å². The minimum atomic E-state index is 0.720. The van der Waals surface area contributed by atoms with Crippen molar-refractivity contribution >= 4 is 0 Å². The Morgan fingerprint density at radius 1 is 1.35 bits per heavy atom. The smallest absolute Gasteiger partial charge is 0.115 e. The molecule has 1 atom stereocenters. The Morgan fingerprint density at radius 3 is 2.82 bits per heavy atom. The van der Waals surface area contributed by atoms with Crippen LogP contribution in [0.2, 0.25) is 0 Å². The summed E-state index contributed by atoms with van der Waals surface area (Å²) in [5, 5.41) is 0. The summed E-state index contributed by atoms with van der Waals surface area (Å²) in [6, 6.07) is 0. The lowest BCUT2D eigenvalue weighted by Gasteiger charge is -2.22. The van der Waals surface area contributed by atoms with E-state index in [1.165, 1.54) is 25.7 Å². The molecule has 0 aromatic rings. The summed E-state index contributed by atoms with van der Waals surface area (Å²) in [6.45, 7) is 4.97. The molecule has 2 heteroatoms. The molecule has 0 amide bonds. The monoisotopic (exact) mass is 236 g/mol. The van der Waals surface area contributed by atoms with Crippen LogP contribution < -0.4 is 0 Å². The van der Waals surface area contributed by atoms with Crippen molar-refractivity contribution < 1.29 is 9.47 Å². The molecule has 1 aliphatic carbocycles. The summed E-state index contributed by atoms with van der Waals surface area (Å²) >= 11 is 0. The molecule has 1 heterocycles. The van der Waals surface area contributed by atoms with E-state index in [1.54, 1.807) is 0 Å². The molecule has 2 nitrogen and oxygen atoms in total. The maximum absolute atomic E-state index is 5.81. The number of rotatable bonds is 5. The van der Waals surface area contributed by atoms with Gasteiger partial charge in [-0.15, -0.1) is 0 Å². The summed E-state index contributed by atoms with van der Waals surface area (Å²) in [7, 11) is 0. The Hall–Kier alpha value is -0.760. The van der Waals surface area contributed by atoms with Crippen molar-refractivity contribution in [2.75, 3.05) is 19.8 Å². The molecule has 2 aliphatic rings. The maximum Gasteiger partial charge on any atom is 0.115 e. The van der Waals surface area contributed by atoms with Crippen LogP contribution in [0.4, 0.5) is 0 Å². The largest absolute Gasteiger partial charge is 0.494 e. The number of allylic oxidation sites excluding steroid dienone is 3. The van der Waals surface area contributed by atoms with Gasteiger partial charge < -0.3 is 9.47 Å². The standard InChI is InChI=1S/C15H24O2/c1-2-13-3-5-15(6-4-13)17-12-9-14-7-10-16-11-8-14/h3,5-6,13-14H,2,4,7-12H2,1H3. The van der Waals surface area contributed by atoms with Crippen LogP contribution in [0, 0.1) is 11.8 Å². The first-order valence-corrected chi connectivity index (χ1v) is 6.97.